The minimum Gasteiger partial charge on any atom is -0.477 e. The molecule has 0 radical (unpaired) electrons. The lowest BCUT2D eigenvalue weighted by atomic mass is 9.98. The molecule has 0 unspecified atom stereocenters. The summed E-state index contributed by atoms with van der Waals surface area (Å²) in [6, 6.07) is 10.7. The first-order valence-corrected chi connectivity index (χ1v) is 9.32. The molecule has 1 heterocycles. The molecule has 6 N–H and O–H groups in total. The quantitative estimate of drug-likeness (QED) is 0.350. The molecule has 0 bridgehead atoms. The van der Waals surface area contributed by atoms with Gasteiger partial charge in [-0.3, -0.25) is 9.78 Å². The molecule has 3 aromatic rings. The summed E-state index contributed by atoms with van der Waals surface area (Å²) < 4.78 is 4.78. The van der Waals surface area contributed by atoms with Gasteiger partial charge in [0.1, 0.15) is 5.69 Å². The van der Waals surface area contributed by atoms with Gasteiger partial charge >= 0.3 is 17.6 Å². The molecule has 0 saturated heterocycles. The number of aryl methyl sites for hydroxylation is 1. The molecule has 31 heavy (non-hydrogen) atoms. The van der Waals surface area contributed by atoms with Gasteiger partial charge in [-0.1, -0.05) is 30.3 Å². The van der Waals surface area contributed by atoms with E-state index in [-0.39, 0.29) is 18.6 Å². The second-order valence-corrected chi connectivity index (χ2v) is 6.43. The minimum atomic E-state index is -1.37. The zero-order valence-corrected chi connectivity index (χ0v) is 16.8. The maximum absolute atomic E-state index is 12.0. The van der Waals surface area contributed by atoms with Crippen LogP contribution < -0.4 is 17.0 Å². The van der Waals surface area contributed by atoms with Crippen LogP contribution in [0.4, 0.5) is 0 Å². The highest BCUT2D eigenvalue weighted by Gasteiger charge is 2.16. The van der Waals surface area contributed by atoms with E-state index in [0.717, 1.165) is 16.3 Å². The number of aromatic nitrogens is 2. The van der Waals surface area contributed by atoms with Crippen LogP contribution in [0.3, 0.4) is 0 Å². The number of hydrogen-bond acceptors (Lipinski definition) is 7. The second kappa shape index (κ2) is 10.9. The van der Waals surface area contributed by atoms with Crippen molar-refractivity contribution in [3.63, 3.8) is 0 Å². The highest BCUT2D eigenvalue weighted by Crippen LogP contribution is 2.22. The summed E-state index contributed by atoms with van der Waals surface area (Å²) in [5.41, 5.74) is 4.10. The number of carbonyl (C=O) groups is 2. The van der Waals surface area contributed by atoms with Crippen molar-refractivity contribution in [2.75, 3.05) is 20.3 Å². The van der Waals surface area contributed by atoms with Gasteiger partial charge in [-0.15, -0.1) is 0 Å². The molecular weight excluding hydrogens is 406 g/mol. The lowest BCUT2D eigenvalue weighted by Crippen LogP contribution is -2.30. The van der Waals surface area contributed by atoms with E-state index in [1.165, 1.54) is 7.11 Å². The lowest BCUT2D eigenvalue weighted by molar-refractivity contribution is 0.0602. The zero-order valence-electron chi connectivity index (χ0n) is 16.8. The number of fused-ring (bicyclic) bond motifs is 1. The standard InChI is InChI=1S/C19H16N2O6.C2H7NO/c1-27-18(25)13-4-2-3-11-9-10(5-7-12(11)13)6-8-14-15(17(23)24)20-19(26)21-16(14)22;3-1-2-4/h2-5,7,9H,6,8H2,1H3,(H,23,24)(H2,20,21,22,26);4H,1-3H2. The number of H-pyrrole nitrogens is 2. The molecule has 0 spiro atoms. The molecule has 0 aliphatic heterocycles. The first-order chi connectivity index (χ1) is 14.8. The van der Waals surface area contributed by atoms with E-state index < -0.39 is 28.9 Å². The van der Waals surface area contributed by atoms with Gasteiger partial charge in [0.25, 0.3) is 5.56 Å². The predicted molar refractivity (Wildman–Crippen MR) is 113 cm³/mol. The van der Waals surface area contributed by atoms with Gasteiger partial charge in [0, 0.05) is 12.1 Å². The van der Waals surface area contributed by atoms with E-state index in [2.05, 4.69) is 4.98 Å². The summed E-state index contributed by atoms with van der Waals surface area (Å²) in [4.78, 5) is 50.6. The largest absolute Gasteiger partial charge is 0.477 e. The highest BCUT2D eigenvalue weighted by molar-refractivity contribution is 6.04. The Bertz CT molecular complexity index is 1200. The summed E-state index contributed by atoms with van der Waals surface area (Å²) in [6.07, 6.45) is 0.518. The van der Waals surface area contributed by atoms with E-state index in [9.17, 15) is 24.3 Å². The van der Waals surface area contributed by atoms with E-state index in [0.29, 0.717) is 18.5 Å². The number of benzene rings is 2. The van der Waals surface area contributed by atoms with Gasteiger partial charge < -0.3 is 25.7 Å². The van der Waals surface area contributed by atoms with Crippen molar-refractivity contribution in [3.05, 3.63) is 79.6 Å². The van der Waals surface area contributed by atoms with E-state index in [1.54, 1.807) is 24.3 Å². The van der Waals surface area contributed by atoms with Crippen molar-refractivity contribution in [3.8, 4) is 0 Å². The van der Waals surface area contributed by atoms with Crippen LogP contribution in [0.25, 0.3) is 10.8 Å². The maximum Gasteiger partial charge on any atom is 0.352 e. The van der Waals surface area contributed by atoms with Crippen LogP contribution in [0.5, 0.6) is 0 Å². The van der Waals surface area contributed by atoms with Crippen LogP contribution in [-0.4, -0.2) is 52.4 Å². The molecule has 0 atom stereocenters. The number of nitrogens with one attached hydrogen (secondary N) is 2. The molecule has 2 aromatic carbocycles. The van der Waals surface area contributed by atoms with Gasteiger partial charge in [-0.05, 0) is 35.2 Å². The van der Waals surface area contributed by atoms with E-state index in [4.69, 9.17) is 15.6 Å². The van der Waals surface area contributed by atoms with Gasteiger partial charge in [0.05, 0.1) is 19.3 Å². The zero-order chi connectivity index (χ0) is 23.0. The smallest absolute Gasteiger partial charge is 0.352 e. The summed E-state index contributed by atoms with van der Waals surface area (Å²) in [5.74, 6) is -1.80. The second-order valence-electron chi connectivity index (χ2n) is 6.43. The number of hydrogen-bond donors (Lipinski definition) is 5. The Morgan fingerprint density at radius 2 is 1.81 bits per heavy atom. The Kier molecular flexibility index (Phi) is 8.24. The first-order valence-electron chi connectivity index (χ1n) is 9.32. The average Bonchev–Trinajstić information content (AvgIpc) is 2.76. The van der Waals surface area contributed by atoms with E-state index >= 15 is 0 Å². The Hall–Kier alpha value is -3.76. The lowest BCUT2D eigenvalue weighted by Gasteiger charge is -2.08. The molecule has 164 valence electrons. The normalized spacial score (nSPS) is 10.3. The summed E-state index contributed by atoms with van der Waals surface area (Å²) in [5, 5.41) is 18.5. The Morgan fingerprint density at radius 3 is 2.42 bits per heavy atom. The van der Waals surface area contributed by atoms with Crippen LogP contribution in [0.1, 0.15) is 32.0 Å². The number of carboxylic acids is 1. The Balaban J connectivity index is 0.000000785. The number of rotatable bonds is 6. The summed E-state index contributed by atoms with van der Waals surface area (Å²) >= 11 is 0. The molecule has 0 amide bonds. The molecular formula is C21H23N3O7. The minimum absolute atomic E-state index is 0.00510. The number of aliphatic hydroxyl groups excluding tert-OH is 1. The monoisotopic (exact) mass is 429 g/mol. The molecule has 0 aliphatic rings. The van der Waals surface area contributed by atoms with Gasteiger partial charge in [-0.25, -0.2) is 14.4 Å². The van der Waals surface area contributed by atoms with Crippen molar-refractivity contribution < 1.29 is 24.5 Å². The fourth-order valence-corrected chi connectivity index (χ4v) is 2.98. The number of carbonyl (C=O) groups excluding carboxylic acids is 1. The Morgan fingerprint density at radius 1 is 1.10 bits per heavy atom. The topological polar surface area (TPSA) is 176 Å². The van der Waals surface area contributed by atoms with Gasteiger partial charge in [-0.2, -0.15) is 0 Å². The van der Waals surface area contributed by atoms with Crippen LogP contribution >= 0.6 is 0 Å². The Labute approximate surface area is 176 Å². The molecule has 3 rings (SSSR count). The summed E-state index contributed by atoms with van der Waals surface area (Å²) in [6.45, 7) is 0.472. The molecule has 1 aromatic heterocycles. The number of aliphatic hydroxyl groups is 1. The van der Waals surface area contributed by atoms with Crippen molar-refractivity contribution in [1.82, 2.24) is 9.97 Å². The van der Waals surface area contributed by atoms with Crippen molar-refractivity contribution in [1.29, 1.82) is 0 Å². The maximum atomic E-state index is 12.0. The van der Waals surface area contributed by atoms with Crippen molar-refractivity contribution in [2.45, 2.75) is 12.8 Å². The van der Waals surface area contributed by atoms with Crippen LogP contribution in [0, 0.1) is 0 Å². The number of carboxylic acid groups (broad SMARTS) is 1. The highest BCUT2D eigenvalue weighted by atomic mass is 16.5. The predicted octanol–water partition coefficient (Wildman–Crippen LogP) is 0.424. The summed E-state index contributed by atoms with van der Waals surface area (Å²) in [7, 11) is 1.32. The van der Waals surface area contributed by atoms with Crippen LogP contribution in [0.2, 0.25) is 0 Å². The van der Waals surface area contributed by atoms with Crippen molar-refractivity contribution >= 4 is 22.7 Å². The number of methoxy groups -OCH3 is 1. The SMILES string of the molecule is COC(=O)c1cccc2cc(CCc3c(C(=O)O)[nH]c(=O)[nH]c3=O)ccc12.NCCO. The number of nitrogens with two attached hydrogens (primary N) is 1. The average molecular weight is 429 g/mol. The number of esters is 1. The van der Waals surface area contributed by atoms with E-state index in [1.807, 2.05) is 17.1 Å². The number of aromatic amines is 2. The van der Waals surface area contributed by atoms with Crippen LogP contribution in [-0.2, 0) is 17.6 Å². The number of ether oxygens (including phenoxy) is 1. The third-order valence-electron chi connectivity index (χ3n) is 4.40. The van der Waals surface area contributed by atoms with Crippen LogP contribution in [0.15, 0.2) is 46.0 Å². The first kappa shape index (κ1) is 23.5. The van der Waals surface area contributed by atoms with Gasteiger partial charge in [0.2, 0.25) is 0 Å². The third kappa shape index (κ3) is 5.87. The molecule has 0 saturated carbocycles. The fraction of sp³-hybridized carbons (Fsp3) is 0.238. The molecule has 0 aliphatic carbocycles. The van der Waals surface area contributed by atoms with Crippen molar-refractivity contribution in [2.24, 2.45) is 5.73 Å². The number of aromatic carboxylic acids is 1. The van der Waals surface area contributed by atoms with Gasteiger partial charge in [0.15, 0.2) is 0 Å². The third-order valence-corrected chi connectivity index (χ3v) is 4.40. The molecule has 10 nitrogen and oxygen atoms in total. The fourth-order valence-electron chi connectivity index (χ4n) is 2.98. The molecule has 10 heteroatoms. The molecule has 0 fully saturated rings.